The molecule has 0 atom stereocenters. The highest BCUT2D eigenvalue weighted by Crippen LogP contribution is 2.22. The molecule has 90 valence electrons. The number of ketones is 1. The first-order valence-corrected chi connectivity index (χ1v) is 6.19. The molecule has 0 unspecified atom stereocenters. The Balaban J connectivity index is 2.10. The predicted octanol–water partition coefficient (Wildman–Crippen LogP) is 1.86. The van der Waals surface area contributed by atoms with Gasteiger partial charge in [0.2, 0.25) is 0 Å². The van der Waals surface area contributed by atoms with Gasteiger partial charge in [0.15, 0.2) is 16.6 Å². The van der Waals surface area contributed by atoms with E-state index in [0.29, 0.717) is 11.4 Å². The van der Waals surface area contributed by atoms with Gasteiger partial charge in [0, 0.05) is 17.1 Å². The zero-order chi connectivity index (χ0) is 12.5. The van der Waals surface area contributed by atoms with E-state index in [9.17, 15) is 4.79 Å². The minimum atomic E-state index is -0.487. The summed E-state index contributed by atoms with van der Waals surface area (Å²) in [5.74, 6) is 0.385. The third kappa shape index (κ3) is 1.81. The molecule has 0 bridgehead atoms. The molecule has 0 spiro atoms. The van der Waals surface area contributed by atoms with Gasteiger partial charge in [-0.05, 0) is 18.2 Å². The lowest BCUT2D eigenvalue weighted by Gasteiger charge is -1.95. The van der Waals surface area contributed by atoms with Crippen LogP contribution < -0.4 is 0 Å². The van der Waals surface area contributed by atoms with E-state index in [2.05, 4.69) is 15.0 Å². The van der Waals surface area contributed by atoms with Crippen LogP contribution in [0.15, 0.2) is 29.8 Å². The molecule has 0 radical (unpaired) electrons. The Morgan fingerprint density at radius 1 is 1.44 bits per heavy atom. The number of carbonyl (C=O) groups is 1. The van der Waals surface area contributed by atoms with Crippen molar-refractivity contribution in [1.29, 1.82) is 0 Å². The molecule has 2 aromatic heterocycles. The molecule has 0 aliphatic carbocycles. The second kappa shape index (κ2) is 4.32. The van der Waals surface area contributed by atoms with Crippen molar-refractivity contribution in [2.24, 2.45) is 0 Å². The highest BCUT2D eigenvalue weighted by Gasteiger charge is 2.10. The standard InChI is InChI=1S/C12H9N3O2S/c16-6-10(17)7-1-2-8-9(5-7)15-11(14-8)12-13-3-4-18-12/h1-5,16H,6H2,(H,14,15). The summed E-state index contributed by atoms with van der Waals surface area (Å²) in [6, 6.07) is 5.11. The molecule has 2 heterocycles. The maximum Gasteiger partial charge on any atom is 0.188 e. The Morgan fingerprint density at radius 2 is 2.33 bits per heavy atom. The minimum Gasteiger partial charge on any atom is -0.388 e. The molecule has 5 nitrogen and oxygen atoms in total. The van der Waals surface area contributed by atoms with Gasteiger partial charge >= 0.3 is 0 Å². The largest absolute Gasteiger partial charge is 0.388 e. The van der Waals surface area contributed by atoms with E-state index >= 15 is 0 Å². The van der Waals surface area contributed by atoms with E-state index in [1.807, 2.05) is 5.38 Å². The smallest absolute Gasteiger partial charge is 0.188 e. The molecule has 0 aliphatic heterocycles. The number of nitrogens with zero attached hydrogens (tertiary/aromatic N) is 2. The summed E-state index contributed by atoms with van der Waals surface area (Å²) in [5, 5.41) is 11.5. The summed E-state index contributed by atoms with van der Waals surface area (Å²) in [7, 11) is 0. The zero-order valence-electron chi connectivity index (χ0n) is 9.25. The highest BCUT2D eigenvalue weighted by atomic mass is 32.1. The number of aliphatic hydroxyl groups excluding tert-OH is 1. The molecule has 6 heteroatoms. The quantitative estimate of drug-likeness (QED) is 0.704. The summed E-state index contributed by atoms with van der Waals surface area (Å²) < 4.78 is 0. The number of nitrogens with one attached hydrogen (secondary N) is 1. The first kappa shape index (κ1) is 11.1. The molecular weight excluding hydrogens is 250 g/mol. The first-order valence-electron chi connectivity index (χ1n) is 5.31. The van der Waals surface area contributed by atoms with Gasteiger partial charge in [0.25, 0.3) is 0 Å². The number of thiazole rings is 1. The fourth-order valence-electron chi connectivity index (χ4n) is 1.72. The molecule has 0 aliphatic rings. The number of imidazole rings is 1. The van der Waals surface area contributed by atoms with Crippen molar-refractivity contribution < 1.29 is 9.90 Å². The third-order valence-electron chi connectivity index (χ3n) is 2.58. The number of carbonyl (C=O) groups excluding carboxylic acids is 1. The number of H-pyrrole nitrogens is 1. The lowest BCUT2D eigenvalue weighted by atomic mass is 10.1. The van der Waals surface area contributed by atoms with E-state index in [1.54, 1.807) is 24.4 Å². The van der Waals surface area contributed by atoms with Crippen molar-refractivity contribution in [2.75, 3.05) is 6.61 Å². The fourth-order valence-corrected chi connectivity index (χ4v) is 2.30. The van der Waals surface area contributed by atoms with Gasteiger partial charge in [-0.15, -0.1) is 11.3 Å². The molecular formula is C12H9N3O2S. The van der Waals surface area contributed by atoms with Crippen molar-refractivity contribution in [3.8, 4) is 10.8 Å². The molecule has 3 aromatic rings. The molecule has 1 aromatic carbocycles. The maximum atomic E-state index is 11.4. The minimum absolute atomic E-state index is 0.303. The summed E-state index contributed by atoms with van der Waals surface area (Å²) in [6.45, 7) is -0.487. The second-order valence-corrected chi connectivity index (χ2v) is 4.63. The van der Waals surface area contributed by atoms with Crippen LogP contribution >= 0.6 is 11.3 Å². The second-order valence-electron chi connectivity index (χ2n) is 3.74. The summed E-state index contributed by atoms with van der Waals surface area (Å²) >= 11 is 1.49. The number of fused-ring (bicyclic) bond motifs is 1. The van der Waals surface area contributed by atoms with E-state index in [1.165, 1.54) is 11.3 Å². The van der Waals surface area contributed by atoms with Crippen LogP contribution in [0.3, 0.4) is 0 Å². The number of hydrogen-bond acceptors (Lipinski definition) is 5. The average molecular weight is 259 g/mol. The Morgan fingerprint density at radius 3 is 3.06 bits per heavy atom. The van der Waals surface area contributed by atoms with Gasteiger partial charge in [-0.1, -0.05) is 0 Å². The number of aromatic nitrogens is 3. The summed E-state index contributed by atoms with van der Waals surface area (Å²) in [4.78, 5) is 23.1. The Kier molecular flexibility index (Phi) is 2.66. The number of aliphatic hydroxyl groups is 1. The molecule has 2 N–H and O–H groups in total. The summed E-state index contributed by atoms with van der Waals surface area (Å²) in [6.07, 6.45) is 1.72. The Hall–Kier alpha value is -2.05. The van der Waals surface area contributed by atoms with Gasteiger partial charge in [-0.25, -0.2) is 9.97 Å². The lowest BCUT2D eigenvalue weighted by molar-refractivity contribution is 0.0904. The molecule has 0 saturated heterocycles. The molecule has 0 amide bonds. The number of hydrogen-bond donors (Lipinski definition) is 2. The molecule has 0 fully saturated rings. The van der Waals surface area contributed by atoms with Crippen LogP contribution in [0.5, 0.6) is 0 Å². The van der Waals surface area contributed by atoms with Crippen molar-refractivity contribution in [2.45, 2.75) is 0 Å². The molecule has 18 heavy (non-hydrogen) atoms. The van der Waals surface area contributed by atoms with Crippen LogP contribution in [0.2, 0.25) is 0 Å². The van der Waals surface area contributed by atoms with Gasteiger partial charge in [-0.2, -0.15) is 0 Å². The van der Waals surface area contributed by atoms with E-state index in [-0.39, 0.29) is 5.78 Å². The van der Waals surface area contributed by atoms with Crippen LogP contribution in [-0.2, 0) is 0 Å². The lowest BCUT2D eigenvalue weighted by Crippen LogP contribution is -2.03. The van der Waals surface area contributed by atoms with Gasteiger partial charge < -0.3 is 10.1 Å². The van der Waals surface area contributed by atoms with Crippen molar-refractivity contribution in [3.63, 3.8) is 0 Å². The summed E-state index contributed by atoms with van der Waals surface area (Å²) in [5.41, 5.74) is 2.01. The van der Waals surface area contributed by atoms with Crippen LogP contribution in [0, 0.1) is 0 Å². The van der Waals surface area contributed by atoms with E-state index in [4.69, 9.17) is 5.11 Å². The van der Waals surface area contributed by atoms with Crippen molar-refractivity contribution in [3.05, 3.63) is 35.3 Å². The maximum absolute atomic E-state index is 11.4. The van der Waals surface area contributed by atoms with E-state index < -0.39 is 6.61 Å². The average Bonchev–Trinajstić information content (AvgIpc) is 3.04. The Bertz CT molecular complexity index is 703. The normalized spacial score (nSPS) is 10.9. The highest BCUT2D eigenvalue weighted by molar-refractivity contribution is 7.13. The van der Waals surface area contributed by atoms with Crippen LogP contribution in [0.25, 0.3) is 21.9 Å². The molecule has 3 rings (SSSR count). The first-order chi connectivity index (χ1) is 8.78. The number of rotatable bonds is 3. The SMILES string of the molecule is O=C(CO)c1ccc2nc(-c3nccs3)[nH]c2c1. The van der Waals surface area contributed by atoms with Crippen molar-refractivity contribution >= 4 is 28.2 Å². The Labute approximate surface area is 106 Å². The van der Waals surface area contributed by atoms with Crippen LogP contribution in [0.1, 0.15) is 10.4 Å². The predicted molar refractivity (Wildman–Crippen MR) is 68.6 cm³/mol. The molecule has 0 saturated carbocycles. The number of aromatic amines is 1. The fraction of sp³-hybridized carbons (Fsp3) is 0.0833. The monoisotopic (exact) mass is 259 g/mol. The third-order valence-corrected chi connectivity index (χ3v) is 3.36. The van der Waals surface area contributed by atoms with Crippen molar-refractivity contribution in [1.82, 2.24) is 15.0 Å². The van der Waals surface area contributed by atoms with Gasteiger partial charge in [0.1, 0.15) is 6.61 Å². The number of Topliss-reactive ketones (excluding diaryl/α,β-unsaturated/α-hetero) is 1. The van der Waals surface area contributed by atoms with Crippen LogP contribution in [-0.4, -0.2) is 32.4 Å². The van der Waals surface area contributed by atoms with Gasteiger partial charge in [-0.3, -0.25) is 4.79 Å². The topological polar surface area (TPSA) is 78.9 Å². The number of benzene rings is 1. The zero-order valence-corrected chi connectivity index (χ0v) is 10.1. The van der Waals surface area contributed by atoms with E-state index in [0.717, 1.165) is 16.0 Å². The van der Waals surface area contributed by atoms with Crippen LogP contribution in [0.4, 0.5) is 0 Å². The van der Waals surface area contributed by atoms with Gasteiger partial charge in [0.05, 0.1) is 11.0 Å².